The van der Waals surface area contributed by atoms with Gasteiger partial charge in [0.1, 0.15) is 12.3 Å². The third kappa shape index (κ3) is 3.18. The van der Waals surface area contributed by atoms with Gasteiger partial charge < -0.3 is 10.1 Å². The molecular weight excluding hydrogens is 292 g/mol. The molecule has 2 amide bonds. The number of anilines is 2. The molecule has 1 N–H and O–H groups in total. The number of carbonyl (C=O) groups is 2. The van der Waals surface area contributed by atoms with E-state index in [0.717, 1.165) is 12.0 Å². The van der Waals surface area contributed by atoms with Crippen molar-refractivity contribution in [3.63, 3.8) is 0 Å². The molecule has 0 bridgehead atoms. The topological polar surface area (TPSA) is 58.6 Å². The van der Waals surface area contributed by atoms with Crippen molar-refractivity contribution < 1.29 is 14.3 Å². The molecule has 1 aliphatic rings. The number of nitrogens with one attached hydrogen (secondary N) is 1. The number of ether oxygens (including phenoxy) is 1. The van der Waals surface area contributed by atoms with Crippen molar-refractivity contribution in [3.8, 4) is 5.75 Å². The maximum absolute atomic E-state index is 12.5. The molecule has 1 aliphatic heterocycles. The van der Waals surface area contributed by atoms with E-state index in [9.17, 15) is 9.59 Å². The van der Waals surface area contributed by atoms with Crippen LogP contribution in [0.3, 0.4) is 0 Å². The van der Waals surface area contributed by atoms with Crippen molar-refractivity contribution in [3.05, 3.63) is 54.1 Å². The molecule has 0 saturated carbocycles. The Morgan fingerprint density at radius 2 is 1.91 bits per heavy atom. The third-order valence-electron chi connectivity index (χ3n) is 3.78. The van der Waals surface area contributed by atoms with Gasteiger partial charge in [-0.3, -0.25) is 14.5 Å². The van der Waals surface area contributed by atoms with Crippen molar-refractivity contribution in [1.82, 2.24) is 0 Å². The third-order valence-corrected chi connectivity index (χ3v) is 3.78. The van der Waals surface area contributed by atoms with Gasteiger partial charge >= 0.3 is 0 Å². The van der Waals surface area contributed by atoms with Crippen LogP contribution in [0.25, 0.3) is 0 Å². The van der Waals surface area contributed by atoms with Crippen LogP contribution in [0.4, 0.5) is 11.4 Å². The maximum atomic E-state index is 12.5. The highest BCUT2D eigenvalue weighted by atomic mass is 16.5. The number of hydrogen-bond donors (Lipinski definition) is 1. The van der Waals surface area contributed by atoms with E-state index in [4.69, 9.17) is 4.74 Å². The highest BCUT2D eigenvalue weighted by Crippen LogP contribution is 2.29. The molecule has 5 heteroatoms. The highest BCUT2D eigenvalue weighted by Gasteiger charge is 2.26. The van der Waals surface area contributed by atoms with E-state index in [1.807, 2.05) is 49.4 Å². The second-order valence-electron chi connectivity index (χ2n) is 5.30. The first kappa shape index (κ1) is 15.1. The summed E-state index contributed by atoms with van der Waals surface area (Å²) in [6, 6.07) is 14.9. The zero-order chi connectivity index (χ0) is 16.2. The van der Waals surface area contributed by atoms with Crippen LogP contribution in [0.2, 0.25) is 0 Å². The molecule has 0 unspecified atom stereocenters. The molecular formula is C18H18N2O3. The van der Waals surface area contributed by atoms with Crippen LogP contribution in [0, 0.1) is 0 Å². The fourth-order valence-electron chi connectivity index (χ4n) is 2.61. The molecule has 2 aromatic rings. The summed E-state index contributed by atoms with van der Waals surface area (Å²) in [6.45, 7) is 1.95. The predicted octanol–water partition coefficient (Wildman–Crippen LogP) is 2.61. The number of benzene rings is 2. The highest BCUT2D eigenvalue weighted by molar-refractivity contribution is 6.10. The van der Waals surface area contributed by atoms with Gasteiger partial charge in [-0.25, -0.2) is 0 Å². The fraction of sp³-hybridized carbons (Fsp3) is 0.222. The molecule has 3 rings (SSSR count). The van der Waals surface area contributed by atoms with E-state index < -0.39 is 0 Å². The van der Waals surface area contributed by atoms with Gasteiger partial charge in [-0.15, -0.1) is 0 Å². The summed E-state index contributed by atoms with van der Waals surface area (Å²) in [4.78, 5) is 25.7. The zero-order valence-electron chi connectivity index (χ0n) is 12.9. The van der Waals surface area contributed by atoms with Crippen LogP contribution >= 0.6 is 0 Å². The van der Waals surface area contributed by atoms with Crippen LogP contribution in [0.15, 0.2) is 48.5 Å². The monoisotopic (exact) mass is 310 g/mol. The average Bonchev–Trinajstić information content (AvgIpc) is 2.59. The average molecular weight is 310 g/mol. The molecule has 0 atom stereocenters. The molecule has 0 saturated heterocycles. The number of hydrogen-bond acceptors (Lipinski definition) is 3. The standard InChI is InChI=1S/C18H18N2O3/c1-2-13-7-3-6-10-16(13)23-12-18(22)20-11-17(21)19-14-8-4-5-9-15(14)20/h3-10H,2,11-12H2,1H3,(H,19,21). The van der Waals surface area contributed by atoms with E-state index in [-0.39, 0.29) is 25.0 Å². The number of para-hydroxylation sites is 3. The van der Waals surface area contributed by atoms with Crippen LogP contribution in [0.1, 0.15) is 12.5 Å². The molecule has 118 valence electrons. The number of fused-ring (bicyclic) bond motifs is 1. The Morgan fingerprint density at radius 1 is 1.17 bits per heavy atom. The normalized spacial score (nSPS) is 13.3. The van der Waals surface area contributed by atoms with Gasteiger partial charge in [-0.05, 0) is 30.2 Å². The van der Waals surface area contributed by atoms with E-state index in [2.05, 4.69) is 5.32 Å². The lowest BCUT2D eigenvalue weighted by atomic mass is 10.1. The number of nitrogens with zero attached hydrogens (tertiary/aromatic N) is 1. The van der Waals surface area contributed by atoms with Crippen LogP contribution < -0.4 is 15.0 Å². The Kier molecular flexibility index (Phi) is 4.28. The van der Waals surface area contributed by atoms with E-state index in [1.54, 1.807) is 6.07 Å². The minimum Gasteiger partial charge on any atom is -0.483 e. The lowest BCUT2D eigenvalue weighted by molar-refractivity contribution is -0.123. The molecule has 0 aliphatic carbocycles. The van der Waals surface area contributed by atoms with Gasteiger partial charge in [0, 0.05) is 0 Å². The maximum Gasteiger partial charge on any atom is 0.265 e. The summed E-state index contributed by atoms with van der Waals surface area (Å²) in [5, 5.41) is 2.76. The van der Waals surface area contributed by atoms with E-state index in [1.165, 1.54) is 4.90 Å². The Bertz CT molecular complexity index is 743. The van der Waals surface area contributed by atoms with Gasteiger partial charge in [-0.1, -0.05) is 37.3 Å². The minimum atomic E-state index is -0.238. The SMILES string of the molecule is CCc1ccccc1OCC(=O)N1CC(=O)Nc2ccccc21. The van der Waals surface area contributed by atoms with Gasteiger partial charge in [0.05, 0.1) is 11.4 Å². The van der Waals surface area contributed by atoms with Crippen molar-refractivity contribution in [2.45, 2.75) is 13.3 Å². The number of carbonyl (C=O) groups excluding carboxylic acids is 2. The second kappa shape index (κ2) is 6.52. The Labute approximate surface area is 134 Å². The van der Waals surface area contributed by atoms with Gasteiger partial charge in [0.15, 0.2) is 6.61 Å². The van der Waals surface area contributed by atoms with Gasteiger partial charge in [0.2, 0.25) is 5.91 Å². The number of amides is 2. The summed E-state index contributed by atoms with van der Waals surface area (Å²) in [6.07, 6.45) is 0.833. The second-order valence-corrected chi connectivity index (χ2v) is 5.30. The first-order valence-electron chi connectivity index (χ1n) is 7.59. The van der Waals surface area contributed by atoms with E-state index in [0.29, 0.717) is 17.1 Å². The lowest BCUT2D eigenvalue weighted by Gasteiger charge is -2.29. The zero-order valence-corrected chi connectivity index (χ0v) is 12.9. The van der Waals surface area contributed by atoms with Gasteiger partial charge in [-0.2, -0.15) is 0 Å². The molecule has 0 radical (unpaired) electrons. The Morgan fingerprint density at radius 3 is 2.74 bits per heavy atom. The summed E-state index contributed by atoms with van der Waals surface area (Å²) in [5.74, 6) is 0.266. The van der Waals surface area contributed by atoms with Crippen molar-refractivity contribution in [2.75, 3.05) is 23.4 Å². The van der Waals surface area contributed by atoms with Crippen molar-refractivity contribution >= 4 is 23.2 Å². The first-order chi connectivity index (χ1) is 11.2. The molecule has 0 aromatic heterocycles. The molecule has 0 fully saturated rings. The Balaban J connectivity index is 1.75. The largest absolute Gasteiger partial charge is 0.483 e. The van der Waals surface area contributed by atoms with Crippen LogP contribution in [0.5, 0.6) is 5.75 Å². The predicted molar refractivity (Wildman–Crippen MR) is 88.7 cm³/mol. The van der Waals surface area contributed by atoms with Crippen molar-refractivity contribution in [1.29, 1.82) is 0 Å². The van der Waals surface area contributed by atoms with Crippen LogP contribution in [-0.2, 0) is 16.0 Å². The molecule has 5 nitrogen and oxygen atoms in total. The number of rotatable bonds is 4. The number of aryl methyl sites for hydroxylation is 1. The van der Waals surface area contributed by atoms with Crippen LogP contribution in [-0.4, -0.2) is 25.0 Å². The fourth-order valence-corrected chi connectivity index (χ4v) is 2.61. The summed E-state index contributed by atoms with van der Waals surface area (Å²) >= 11 is 0. The lowest BCUT2D eigenvalue weighted by Crippen LogP contribution is -2.44. The summed E-state index contributed by atoms with van der Waals surface area (Å²) < 4.78 is 5.67. The quantitative estimate of drug-likeness (QED) is 0.944. The minimum absolute atomic E-state index is 0.00856. The summed E-state index contributed by atoms with van der Waals surface area (Å²) in [7, 11) is 0. The first-order valence-corrected chi connectivity index (χ1v) is 7.59. The summed E-state index contributed by atoms with van der Waals surface area (Å²) in [5.41, 5.74) is 2.40. The molecule has 2 aromatic carbocycles. The molecule has 1 heterocycles. The molecule has 0 spiro atoms. The van der Waals surface area contributed by atoms with Gasteiger partial charge in [0.25, 0.3) is 5.91 Å². The van der Waals surface area contributed by atoms with Crippen molar-refractivity contribution in [2.24, 2.45) is 0 Å². The smallest absolute Gasteiger partial charge is 0.265 e. The van der Waals surface area contributed by atoms with E-state index >= 15 is 0 Å². The Hall–Kier alpha value is -2.82. The molecule has 23 heavy (non-hydrogen) atoms.